The lowest BCUT2D eigenvalue weighted by Crippen LogP contribution is -2.37. The molecule has 0 aliphatic carbocycles. The minimum Gasteiger partial charge on any atom is -0.480 e. The van der Waals surface area contributed by atoms with E-state index in [1.54, 1.807) is 0 Å². The first-order chi connectivity index (χ1) is 7.56. The quantitative estimate of drug-likeness (QED) is 0.801. The summed E-state index contributed by atoms with van der Waals surface area (Å²) in [5.41, 5.74) is 0.324. The smallest absolute Gasteiger partial charge is 0.323 e. The van der Waals surface area contributed by atoms with Crippen LogP contribution in [0.25, 0.3) is 0 Å². The molecule has 1 heterocycles. The molecule has 0 aliphatic heterocycles. The fraction of sp³-hybridized carbons (Fsp3) is 0.400. The van der Waals surface area contributed by atoms with Crippen LogP contribution in [0.2, 0.25) is 0 Å². The average Bonchev–Trinajstić information content (AvgIpc) is 2.25. The zero-order valence-corrected chi connectivity index (χ0v) is 9.08. The van der Waals surface area contributed by atoms with Crippen LogP contribution in [-0.4, -0.2) is 33.9 Å². The molecule has 0 unspecified atom stereocenters. The van der Waals surface area contributed by atoms with Gasteiger partial charge in [-0.05, 0) is 19.9 Å². The van der Waals surface area contributed by atoms with E-state index in [9.17, 15) is 4.79 Å². The zero-order valence-electron chi connectivity index (χ0n) is 9.08. The second kappa shape index (κ2) is 5.07. The summed E-state index contributed by atoms with van der Waals surface area (Å²) in [5, 5.41) is 25.2. The number of nitriles is 1. The van der Waals surface area contributed by atoms with Gasteiger partial charge in [-0.15, -0.1) is 5.10 Å². The molecular weight excluding hydrogens is 208 g/mol. The lowest BCUT2D eigenvalue weighted by atomic mass is 10.2. The van der Waals surface area contributed by atoms with Gasteiger partial charge in [0.2, 0.25) is 0 Å². The fourth-order valence-corrected chi connectivity index (χ4v) is 1.27. The highest BCUT2D eigenvalue weighted by Gasteiger charge is 2.18. The number of nitrogens with zero attached hydrogens (tertiary/aromatic N) is 4. The summed E-state index contributed by atoms with van der Waals surface area (Å²) in [4.78, 5) is 12.2. The molecule has 1 N–H and O–H groups in total. The monoisotopic (exact) mass is 220 g/mol. The van der Waals surface area contributed by atoms with E-state index >= 15 is 0 Å². The Hall–Kier alpha value is -2.16. The molecule has 0 spiro atoms. The number of carbonyl (C=O) groups is 1. The van der Waals surface area contributed by atoms with Crippen LogP contribution in [0.1, 0.15) is 19.4 Å². The van der Waals surface area contributed by atoms with Crippen molar-refractivity contribution >= 4 is 11.8 Å². The molecular formula is C10H12N4O2. The minimum atomic E-state index is -0.969. The number of anilines is 1. The SMILES string of the molecule is CC(C)N(CC(=O)O)c1nnccc1C#N. The van der Waals surface area contributed by atoms with Crippen molar-refractivity contribution in [1.82, 2.24) is 10.2 Å². The van der Waals surface area contributed by atoms with Gasteiger partial charge in [-0.3, -0.25) is 4.79 Å². The first-order valence-electron chi connectivity index (χ1n) is 4.76. The van der Waals surface area contributed by atoms with Gasteiger partial charge < -0.3 is 10.0 Å². The normalized spacial score (nSPS) is 9.88. The summed E-state index contributed by atoms with van der Waals surface area (Å²) in [6, 6.07) is 3.41. The number of rotatable bonds is 4. The molecule has 0 saturated heterocycles. The van der Waals surface area contributed by atoms with Gasteiger partial charge >= 0.3 is 5.97 Å². The molecule has 0 fully saturated rings. The highest BCUT2D eigenvalue weighted by Crippen LogP contribution is 2.17. The van der Waals surface area contributed by atoms with Crippen molar-refractivity contribution < 1.29 is 9.90 Å². The summed E-state index contributed by atoms with van der Waals surface area (Å²) >= 11 is 0. The van der Waals surface area contributed by atoms with Crippen LogP contribution in [0, 0.1) is 11.3 Å². The van der Waals surface area contributed by atoms with E-state index in [0.29, 0.717) is 11.4 Å². The van der Waals surface area contributed by atoms with Crippen molar-refractivity contribution in [2.24, 2.45) is 0 Å². The number of hydrogen-bond donors (Lipinski definition) is 1. The Kier molecular flexibility index (Phi) is 3.78. The highest BCUT2D eigenvalue weighted by molar-refractivity contribution is 5.74. The molecule has 0 radical (unpaired) electrons. The van der Waals surface area contributed by atoms with Crippen LogP contribution in [0.15, 0.2) is 12.3 Å². The van der Waals surface area contributed by atoms with Crippen LogP contribution in [0.3, 0.4) is 0 Å². The van der Waals surface area contributed by atoms with Gasteiger partial charge in [-0.25, -0.2) is 0 Å². The van der Waals surface area contributed by atoms with E-state index in [-0.39, 0.29) is 12.6 Å². The van der Waals surface area contributed by atoms with Crippen molar-refractivity contribution in [3.63, 3.8) is 0 Å². The minimum absolute atomic E-state index is 0.0695. The highest BCUT2D eigenvalue weighted by atomic mass is 16.4. The fourth-order valence-electron chi connectivity index (χ4n) is 1.27. The van der Waals surface area contributed by atoms with Crippen molar-refractivity contribution in [2.45, 2.75) is 19.9 Å². The van der Waals surface area contributed by atoms with Crippen molar-refractivity contribution in [2.75, 3.05) is 11.4 Å². The molecule has 0 atom stereocenters. The van der Waals surface area contributed by atoms with Crippen LogP contribution >= 0.6 is 0 Å². The molecule has 1 aromatic rings. The van der Waals surface area contributed by atoms with Crippen molar-refractivity contribution in [3.05, 3.63) is 17.8 Å². The Morgan fingerprint density at radius 3 is 2.88 bits per heavy atom. The van der Waals surface area contributed by atoms with Crippen LogP contribution < -0.4 is 4.90 Å². The Balaban J connectivity index is 3.11. The third-order valence-corrected chi connectivity index (χ3v) is 2.02. The number of aromatic nitrogens is 2. The van der Waals surface area contributed by atoms with Gasteiger partial charge in [0.15, 0.2) is 5.82 Å². The Labute approximate surface area is 93.1 Å². The first-order valence-corrected chi connectivity index (χ1v) is 4.76. The molecule has 1 rings (SSSR count). The van der Waals surface area contributed by atoms with Crippen LogP contribution in [-0.2, 0) is 4.79 Å². The van der Waals surface area contributed by atoms with Gasteiger partial charge in [0, 0.05) is 6.04 Å². The second-order valence-corrected chi connectivity index (χ2v) is 3.50. The summed E-state index contributed by atoms with van der Waals surface area (Å²) in [6.45, 7) is 3.46. The largest absolute Gasteiger partial charge is 0.480 e. The first kappa shape index (κ1) is 11.9. The van der Waals surface area contributed by atoms with Gasteiger partial charge in [0.05, 0.1) is 11.8 Å². The van der Waals surface area contributed by atoms with Gasteiger partial charge in [0.1, 0.15) is 12.6 Å². The maximum atomic E-state index is 10.7. The number of carboxylic acid groups (broad SMARTS) is 1. The topological polar surface area (TPSA) is 90.1 Å². The lowest BCUT2D eigenvalue weighted by Gasteiger charge is -2.25. The summed E-state index contributed by atoms with van der Waals surface area (Å²) in [7, 11) is 0. The van der Waals surface area contributed by atoms with Gasteiger partial charge in [-0.2, -0.15) is 10.4 Å². The summed E-state index contributed by atoms with van der Waals surface area (Å²) < 4.78 is 0. The molecule has 0 bridgehead atoms. The molecule has 6 heteroatoms. The summed E-state index contributed by atoms with van der Waals surface area (Å²) in [5.74, 6) is -0.661. The summed E-state index contributed by atoms with van der Waals surface area (Å²) in [6.07, 6.45) is 1.40. The average molecular weight is 220 g/mol. The molecule has 0 amide bonds. The van der Waals surface area contributed by atoms with E-state index in [2.05, 4.69) is 10.2 Å². The molecule has 6 nitrogen and oxygen atoms in total. The predicted molar refractivity (Wildman–Crippen MR) is 56.9 cm³/mol. The second-order valence-electron chi connectivity index (χ2n) is 3.50. The van der Waals surface area contributed by atoms with Crippen molar-refractivity contribution in [3.8, 4) is 6.07 Å². The number of carboxylic acids is 1. The Bertz CT molecular complexity index is 425. The standard InChI is InChI=1S/C10H12N4O2/c1-7(2)14(6-9(15)16)10-8(5-11)3-4-12-13-10/h3-4,7H,6H2,1-2H3,(H,15,16). The number of aliphatic carboxylic acids is 1. The Morgan fingerprint density at radius 2 is 2.38 bits per heavy atom. The van der Waals surface area contributed by atoms with Crippen molar-refractivity contribution in [1.29, 1.82) is 5.26 Å². The van der Waals surface area contributed by atoms with Gasteiger partial charge in [-0.1, -0.05) is 0 Å². The molecule has 84 valence electrons. The maximum Gasteiger partial charge on any atom is 0.323 e. The molecule has 1 aromatic heterocycles. The Morgan fingerprint density at radius 1 is 1.69 bits per heavy atom. The predicted octanol–water partition coefficient (Wildman–Crippen LogP) is 0.648. The molecule has 16 heavy (non-hydrogen) atoms. The molecule has 0 aromatic carbocycles. The maximum absolute atomic E-state index is 10.7. The van der Waals surface area contributed by atoms with E-state index in [1.165, 1.54) is 17.2 Å². The van der Waals surface area contributed by atoms with E-state index in [1.807, 2.05) is 19.9 Å². The molecule has 0 saturated carbocycles. The number of hydrogen-bond acceptors (Lipinski definition) is 5. The van der Waals surface area contributed by atoms with Crippen LogP contribution in [0.4, 0.5) is 5.82 Å². The molecule has 0 aliphatic rings. The third-order valence-electron chi connectivity index (χ3n) is 2.02. The zero-order chi connectivity index (χ0) is 12.1. The third kappa shape index (κ3) is 2.67. The van der Waals surface area contributed by atoms with E-state index < -0.39 is 5.97 Å². The van der Waals surface area contributed by atoms with E-state index in [4.69, 9.17) is 10.4 Å². The van der Waals surface area contributed by atoms with Gasteiger partial charge in [0.25, 0.3) is 0 Å². The van der Waals surface area contributed by atoms with E-state index in [0.717, 1.165) is 0 Å². The van der Waals surface area contributed by atoms with Crippen LogP contribution in [0.5, 0.6) is 0 Å². The lowest BCUT2D eigenvalue weighted by molar-refractivity contribution is -0.135.